The molecule has 1 amide bonds. The Hall–Kier alpha value is -2.79. The number of amides is 1. The minimum atomic E-state index is -0.464. The van der Waals surface area contributed by atoms with Gasteiger partial charge in [0.25, 0.3) is 5.91 Å². The zero-order chi connectivity index (χ0) is 21.2. The van der Waals surface area contributed by atoms with E-state index in [0.717, 1.165) is 43.4 Å². The Labute approximate surface area is 183 Å². The number of hydrogen-bond acceptors (Lipinski definition) is 4. The number of hydrogen-bond donors (Lipinski definition) is 2. The van der Waals surface area contributed by atoms with Crippen molar-refractivity contribution >= 4 is 22.9 Å². The number of aliphatic imine (C=N–C) groups is 1. The van der Waals surface area contributed by atoms with Crippen LogP contribution in [0, 0.1) is 0 Å². The van der Waals surface area contributed by atoms with Gasteiger partial charge in [-0.15, -0.1) is 0 Å². The lowest BCUT2D eigenvalue weighted by Gasteiger charge is -2.28. The predicted molar refractivity (Wildman–Crippen MR) is 122 cm³/mol. The number of aliphatic hydroxyl groups excluding tert-OH is 1. The topological polar surface area (TPSA) is 74.6 Å². The number of nitrogens with zero attached hydrogens (tertiary/aromatic N) is 2. The number of carbonyl (C=O) groups excluding carboxylic acids is 1. The van der Waals surface area contributed by atoms with Crippen molar-refractivity contribution in [3.63, 3.8) is 0 Å². The summed E-state index contributed by atoms with van der Waals surface area (Å²) in [7, 11) is 0. The number of benzene rings is 1. The van der Waals surface area contributed by atoms with Crippen LogP contribution in [0.25, 0.3) is 5.57 Å². The summed E-state index contributed by atoms with van der Waals surface area (Å²) in [5.41, 5.74) is 5.93. The molecule has 1 aromatic carbocycles. The molecule has 2 atom stereocenters. The van der Waals surface area contributed by atoms with Crippen LogP contribution in [0.3, 0.4) is 0 Å². The van der Waals surface area contributed by atoms with Crippen molar-refractivity contribution in [3.8, 4) is 0 Å². The lowest BCUT2D eigenvalue weighted by Crippen LogP contribution is -2.47. The summed E-state index contributed by atoms with van der Waals surface area (Å²) in [5.74, 6) is 0.484. The molecular formula is C26H29N3O2. The second kappa shape index (κ2) is 8.75. The van der Waals surface area contributed by atoms with Gasteiger partial charge in [0.1, 0.15) is 5.71 Å². The third kappa shape index (κ3) is 4.62. The van der Waals surface area contributed by atoms with Gasteiger partial charge in [0.05, 0.1) is 17.8 Å². The maximum Gasteiger partial charge on any atom is 0.266 e. The van der Waals surface area contributed by atoms with Crippen LogP contribution in [0.5, 0.6) is 0 Å². The summed E-state index contributed by atoms with van der Waals surface area (Å²) in [5, 5.41) is 13.2. The van der Waals surface area contributed by atoms with Crippen molar-refractivity contribution in [1.29, 1.82) is 0 Å². The third-order valence-corrected chi connectivity index (χ3v) is 6.59. The minimum Gasteiger partial charge on any atom is -0.391 e. The van der Waals surface area contributed by atoms with Crippen LogP contribution < -0.4 is 5.32 Å². The summed E-state index contributed by atoms with van der Waals surface area (Å²) < 4.78 is 0. The molecule has 0 bridgehead atoms. The molecule has 0 saturated heterocycles. The first-order valence-electron chi connectivity index (χ1n) is 11.5. The Balaban J connectivity index is 1.35. The van der Waals surface area contributed by atoms with Gasteiger partial charge in [-0.25, -0.2) is 4.99 Å². The maximum atomic E-state index is 13.0. The zero-order valence-corrected chi connectivity index (χ0v) is 17.8. The first-order chi connectivity index (χ1) is 15.2. The summed E-state index contributed by atoms with van der Waals surface area (Å²) in [6.45, 7) is 0. The fourth-order valence-electron chi connectivity index (χ4n) is 4.59. The molecule has 0 radical (unpaired) electrons. The number of allylic oxidation sites excluding steroid dienone is 2. The van der Waals surface area contributed by atoms with Crippen LogP contribution in [-0.2, 0) is 11.2 Å². The van der Waals surface area contributed by atoms with E-state index in [9.17, 15) is 9.90 Å². The maximum absolute atomic E-state index is 13.0. The normalized spacial score (nSPS) is 23.3. The SMILES string of the molecule is O=C(NC1CCCCC1O)C1=Nc2ccccc2C(Cc2ccc(C3CC3)nc2)=CC1. The molecular weight excluding hydrogens is 386 g/mol. The van der Waals surface area contributed by atoms with Crippen molar-refractivity contribution in [2.75, 3.05) is 0 Å². The van der Waals surface area contributed by atoms with Gasteiger partial charge >= 0.3 is 0 Å². The quantitative estimate of drug-likeness (QED) is 0.756. The summed E-state index contributed by atoms with van der Waals surface area (Å²) in [6, 6.07) is 12.2. The van der Waals surface area contributed by atoms with E-state index in [1.165, 1.54) is 29.7 Å². The van der Waals surface area contributed by atoms with Gasteiger partial charge in [0.15, 0.2) is 0 Å². The van der Waals surface area contributed by atoms with Gasteiger partial charge in [0, 0.05) is 29.8 Å². The van der Waals surface area contributed by atoms with Crippen LogP contribution in [-0.4, -0.2) is 33.9 Å². The number of para-hydroxylation sites is 1. The van der Waals surface area contributed by atoms with Crippen molar-refractivity contribution in [2.45, 2.75) is 69.4 Å². The monoisotopic (exact) mass is 415 g/mol. The molecule has 2 N–H and O–H groups in total. The van der Waals surface area contributed by atoms with Gasteiger partial charge < -0.3 is 10.4 Å². The van der Waals surface area contributed by atoms with Crippen LogP contribution in [0.4, 0.5) is 5.69 Å². The van der Waals surface area contributed by atoms with Gasteiger partial charge in [-0.3, -0.25) is 9.78 Å². The van der Waals surface area contributed by atoms with Gasteiger partial charge in [-0.1, -0.05) is 43.2 Å². The third-order valence-electron chi connectivity index (χ3n) is 6.59. The molecule has 0 spiro atoms. The average molecular weight is 416 g/mol. The molecule has 2 heterocycles. The van der Waals surface area contributed by atoms with Crippen molar-refractivity contribution < 1.29 is 9.90 Å². The molecule has 2 unspecified atom stereocenters. The number of aromatic nitrogens is 1. The lowest BCUT2D eigenvalue weighted by atomic mass is 9.92. The molecule has 1 aliphatic heterocycles. The highest BCUT2D eigenvalue weighted by Gasteiger charge is 2.27. The highest BCUT2D eigenvalue weighted by molar-refractivity contribution is 6.40. The fourth-order valence-corrected chi connectivity index (χ4v) is 4.59. The van der Waals surface area contributed by atoms with Gasteiger partial charge in [-0.2, -0.15) is 0 Å². The van der Waals surface area contributed by atoms with Crippen LogP contribution in [0.1, 0.15) is 67.7 Å². The van der Waals surface area contributed by atoms with E-state index in [1.54, 1.807) is 0 Å². The Morgan fingerprint density at radius 1 is 1.06 bits per heavy atom. The van der Waals surface area contributed by atoms with Gasteiger partial charge in [-0.05, 0) is 55.4 Å². The smallest absolute Gasteiger partial charge is 0.266 e. The average Bonchev–Trinajstić information content (AvgIpc) is 3.64. The molecule has 2 fully saturated rings. The largest absolute Gasteiger partial charge is 0.391 e. The number of carbonyl (C=O) groups is 1. The Kier molecular flexibility index (Phi) is 5.68. The molecule has 2 aromatic rings. The summed E-state index contributed by atoms with van der Waals surface area (Å²) >= 11 is 0. The van der Waals surface area contributed by atoms with E-state index in [0.29, 0.717) is 18.1 Å². The molecule has 5 nitrogen and oxygen atoms in total. The van der Waals surface area contributed by atoms with E-state index in [2.05, 4.69) is 34.6 Å². The highest BCUT2D eigenvalue weighted by atomic mass is 16.3. The Bertz CT molecular complexity index is 1020. The van der Waals surface area contributed by atoms with Crippen molar-refractivity contribution in [2.24, 2.45) is 4.99 Å². The van der Waals surface area contributed by atoms with E-state index >= 15 is 0 Å². The highest BCUT2D eigenvalue weighted by Crippen LogP contribution is 2.39. The number of rotatable bonds is 5. The molecule has 2 aliphatic carbocycles. The van der Waals surface area contributed by atoms with Crippen LogP contribution in [0.2, 0.25) is 0 Å². The number of fused-ring (bicyclic) bond motifs is 1. The fraction of sp³-hybridized carbons (Fsp3) is 0.423. The summed E-state index contributed by atoms with van der Waals surface area (Å²) in [6.07, 6.45) is 11.0. The van der Waals surface area contributed by atoms with E-state index in [-0.39, 0.29) is 11.9 Å². The summed E-state index contributed by atoms with van der Waals surface area (Å²) in [4.78, 5) is 22.3. The van der Waals surface area contributed by atoms with Gasteiger partial charge in [0.2, 0.25) is 0 Å². The molecule has 3 aliphatic rings. The number of nitrogens with one attached hydrogen (secondary N) is 1. The molecule has 31 heavy (non-hydrogen) atoms. The van der Waals surface area contributed by atoms with Crippen molar-refractivity contribution in [3.05, 3.63) is 65.5 Å². The van der Waals surface area contributed by atoms with Crippen LogP contribution >= 0.6 is 0 Å². The second-order valence-electron chi connectivity index (χ2n) is 8.98. The predicted octanol–water partition coefficient (Wildman–Crippen LogP) is 4.48. The molecule has 5 rings (SSSR count). The number of aliphatic hydroxyl groups is 1. The first-order valence-corrected chi connectivity index (χ1v) is 11.5. The molecule has 2 saturated carbocycles. The van der Waals surface area contributed by atoms with E-state index in [1.807, 2.05) is 24.4 Å². The first kappa shape index (κ1) is 20.1. The second-order valence-corrected chi connectivity index (χ2v) is 8.98. The van der Waals surface area contributed by atoms with Crippen molar-refractivity contribution in [1.82, 2.24) is 10.3 Å². The van der Waals surface area contributed by atoms with Crippen LogP contribution in [0.15, 0.2) is 53.7 Å². The van der Waals surface area contributed by atoms with E-state index < -0.39 is 6.10 Å². The Morgan fingerprint density at radius 3 is 2.68 bits per heavy atom. The minimum absolute atomic E-state index is 0.172. The number of pyridine rings is 1. The molecule has 1 aromatic heterocycles. The molecule has 160 valence electrons. The van der Waals surface area contributed by atoms with E-state index in [4.69, 9.17) is 4.99 Å². The standard InChI is InChI=1S/C26H29N3O2/c30-25-8-4-3-7-23(25)29-26(31)24-14-12-19(20-5-1-2-6-22(20)28-24)15-17-9-13-21(27-16-17)18-10-11-18/h1-2,5-6,9,12-13,16,18,23,25,30H,3-4,7-8,10-11,14-15H2,(H,29,31). The Morgan fingerprint density at radius 2 is 1.90 bits per heavy atom. The molecule has 5 heteroatoms. The lowest BCUT2D eigenvalue weighted by molar-refractivity contribution is -0.116. The zero-order valence-electron chi connectivity index (χ0n) is 17.8.